The van der Waals surface area contributed by atoms with E-state index in [2.05, 4.69) is 26.8 Å². The van der Waals surface area contributed by atoms with Crippen molar-refractivity contribution in [2.24, 2.45) is 9.98 Å². The van der Waals surface area contributed by atoms with Crippen LogP contribution in [0.2, 0.25) is 0 Å². The summed E-state index contributed by atoms with van der Waals surface area (Å²) in [5.74, 6) is 1.86. The molecule has 2 aliphatic rings. The number of ether oxygens (including phenoxy) is 4. The van der Waals surface area contributed by atoms with Gasteiger partial charge in [0.25, 0.3) is 0 Å². The van der Waals surface area contributed by atoms with Gasteiger partial charge in [-0.3, -0.25) is 0 Å². The normalized spacial score (nSPS) is 16.8. The number of hydrogen-bond donors (Lipinski definition) is 0. The zero-order valence-electron chi connectivity index (χ0n) is 31.1. The molecule has 12 nitrogen and oxygen atoms in total. The van der Waals surface area contributed by atoms with Crippen LogP contribution in [0.1, 0.15) is 76.7 Å². The predicted octanol–water partition coefficient (Wildman–Crippen LogP) is -0.547. The summed E-state index contributed by atoms with van der Waals surface area (Å²) in [7, 11) is -8.43. The Hall–Kier alpha value is -1.98. The Kier molecular flexibility index (Phi) is 17.8. The third-order valence-electron chi connectivity index (χ3n) is 8.96. The molecule has 0 unspecified atom stereocenters. The van der Waals surface area contributed by atoms with Gasteiger partial charge in [-0.1, -0.05) is 30.3 Å². The molecule has 0 saturated carbocycles. The molecule has 2 aliphatic heterocycles. The van der Waals surface area contributed by atoms with Crippen molar-refractivity contribution in [3.8, 4) is 11.5 Å². The smallest absolute Gasteiger partial charge is 0.748 e. The van der Waals surface area contributed by atoms with Crippen LogP contribution in [0.25, 0.3) is 0 Å². The fraction of sp³-hybridized carbons (Fsp3) is 0.459. The van der Waals surface area contributed by atoms with Crippen LogP contribution in [0.15, 0.2) is 64.6 Å². The van der Waals surface area contributed by atoms with Crippen molar-refractivity contribution in [1.29, 1.82) is 0 Å². The molecule has 0 bridgehead atoms. The van der Waals surface area contributed by atoms with E-state index in [0.29, 0.717) is 75.4 Å². The number of unbranched alkanes of at least 4 members (excludes halogenated alkanes) is 2. The maximum atomic E-state index is 10.8. The number of aliphatic imine (C=N–C) groups is 2. The fourth-order valence-electron chi connectivity index (χ4n) is 6.27. The van der Waals surface area contributed by atoms with Gasteiger partial charge in [0.2, 0.25) is 0 Å². The standard InChI is InChI=1S/C37H46N2O10S2.2Na/c1-25-18-26(2)33(22-37-39-35(24-49-37)29-11-9-13-31(20-29)47-15-5-7-17-51(43,44)45)27(3)32(25)21-36-38-34(23-48-36)28-10-8-12-30(19-28)46-14-4-6-16-50(40,41)42;;/h8-13,18-20,34-35H,4-7,14-17,21-24H2,1-3H3,(H,40,41,42)(H,43,44,45);;/q;2*+1/p-2/t34-,35-;;/m1../s1. The summed E-state index contributed by atoms with van der Waals surface area (Å²) < 4.78 is 88.5. The van der Waals surface area contributed by atoms with Gasteiger partial charge in [0, 0.05) is 24.3 Å². The molecule has 0 fully saturated rings. The summed E-state index contributed by atoms with van der Waals surface area (Å²) in [5, 5.41) is 0. The van der Waals surface area contributed by atoms with Crippen molar-refractivity contribution in [3.63, 3.8) is 0 Å². The van der Waals surface area contributed by atoms with Crippen LogP contribution in [0, 0.1) is 20.8 Å². The van der Waals surface area contributed by atoms with E-state index in [0.717, 1.165) is 38.9 Å². The Labute approximate surface area is 357 Å². The molecule has 53 heavy (non-hydrogen) atoms. The molecule has 0 N–H and O–H groups in total. The van der Waals surface area contributed by atoms with Crippen LogP contribution in [-0.4, -0.2) is 75.7 Å². The molecule has 2 atom stereocenters. The molecular weight excluding hydrogens is 743 g/mol. The first-order valence-electron chi connectivity index (χ1n) is 17.0. The van der Waals surface area contributed by atoms with Crippen molar-refractivity contribution >= 4 is 32.0 Å². The van der Waals surface area contributed by atoms with Crippen molar-refractivity contribution in [1.82, 2.24) is 0 Å². The van der Waals surface area contributed by atoms with Gasteiger partial charge >= 0.3 is 59.1 Å². The first-order chi connectivity index (χ1) is 24.2. The topological polar surface area (TPSA) is 176 Å². The summed E-state index contributed by atoms with van der Waals surface area (Å²) in [5.41, 5.74) is 7.68. The molecule has 0 aliphatic carbocycles. The van der Waals surface area contributed by atoms with E-state index < -0.39 is 31.7 Å². The van der Waals surface area contributed by atoms with Crippen LogP contribution in [0.5, 0.6) is 11.5 Å². The van der Waals surface area contributed by atoms with Crippen molar-refractivity contribution in [2.75, 3.05) is 37.9 Å². The van der Waals surface area contributed by atoms with Crippen LogP contribution in [-0.2, 0) is 42.6 Å². The molecule has 0 radical (unpaired) electrons. The van der Waals surface area contributed by atoms with Crippen LogP contribution in [0.4, 0.5) is 0 Å². The number of nitrogens with zero attached hydrogens (tertiary/aromatic N) is 2. The summed E-state index contributed by atoms with van der Waals surface area (Å²) in [4.78, 5) is 9.80. The number of aryl methyl sites for hydroxylation is 2. The number of rotatable bonds is 18. The van der Waals surface area contributed by atoms with Gasteiger partial charge in [-0.05, 0) is 110 Å². The number of benzene rings is 3. The predicted molar refractivity (Wildman–Crippen MR) is 192 cm³/mol. The Morgan fingerprint density at radius 3 is 1.47 bits per heavy atom. The van der Waals surface area contributed by atoms with E-state index in [1.165, 1.54) is 0 Å². The SMILES string of the molecule is Cc1cc(C)c(CC2=N[C@@H](c3cccc(OCCCCS(=O)(=O)[O-])c3)CO2)c(C)c1CC1=N[C@@H](c2cccc(OCCCCS(=O)(=O)[O-])c2)CO1.[Na+].[Na+]. The summed E-state index contributed by atoms with van der Waals surface area (Å²) >= 11 is 0. The Bertz CT molecular complexity index is 1850. The maximum Gasteiger partial charge on any atom is 1.00 e. The zero-order chi connectivity index (χ0) is 36.6. The quantitative estimate of drug-likeness (QED) is 0.0925. The molecule has 0 aromatic heterocycles. The molecule has 0 amide bonds. The Balaban J connectivity index is 0.00000378. The summed E-state index contributed by atoms with van der Waals surface area (Å²) in [6.45, 7) is 7.77. The van der Waals surface area contributed by atoms with E-state index in [4.69, 9.17) is 28.9 Å². The van der Waals surface area contributed by atoms with Gasteiger partial charge < -0.3 is 28.1 Å². The molecule has 0 saturated heterocycles. The first kappa shape index (κ1) is 45.4. The first-order valence-corrected chi connectivity index (χ1v) is 20.2. The summed E-state index contributed by atoms with van der Waals surface area (Å²) in [6.07, 6.45) is 2.55. The third kappa shape index (κ3) is 14.2. The molecule has 0 spiro atoms. The van der Waals surface area contributed by atoms with Crippen LogP contribution >= 0.6 is 0 Å². The Morgan fingerprint density at radius 1 is 0.660 bits per heavy atom. The molecule has 276 valence electrons. The Morgan fingerprint density at radius 2 is 1.08 bits per heavy atom. The van der Waals surface area contributed by atoms with Gasteiger partial charge in [0.15, 0.2) is 11.8 Å². The summed E-state index contributed by atoms with van der Waals surface area (Å²) in [6, 6.07) is 17.1. The maximum absolute atomic E-state index is 10.8. The average molecular weight is 787 g/mol. The zero-order valence-corrected chi connectivity index (χ0v) is 36.8. The van der Waals surface area contributed by atoms with Crippen molar-refractivity contribution < 1.29 is 104 Å². The molecule has 2 heterocycles. The van der Waals surface area contributed by atoms with Gasteiger partial charge in [0.1, 0.15) is 36.8 Å². The fourth-order valence-corrected chi connectivity index (χ4v) is 7.38. The van der Waals surface area contributed by atoms with E-state index in [1.54, 1.807) is 0 Å². The average Bonchev–Trinajstić information content (AvgIpc) is 3.74. The largest absolute Gasteiger partial charge is 1.00 e. The van der Waals surface area contributed by atoms with Gasteiger partial charge in [-0.15, -0.1) is 0 Å². The minimum atomic E-state index is -4.21. The van der Waals surface area contributed by atoms with Crippen LogP contribution < -0.4 is 68.6 Å². The molecular formula is C37H44N2Na2O10S2. The van der Waals surface area contributed by atoms with Crippen LogP contribution in [0.3, 0.4) is 0 Å². The minimum Gasteiger partial charge on any atom is -0.748 e. The van der Waals surface area contributed by atoms with E-state index in [9.17, 15) is 25.9 Å². The molecule has 16 heteroatoms. The van der Waals surface area contributed by atoms with Gasteiger partial charge in [-0.25, -0.2) is 26.8 Å². The second-order valence-electron chi connectivity index (χ2n) is 12.9. The van der Waals surface area contributed by atoms with Crippen molar-refractivity contribution in [2.45, 2.75) is 71.4 Å². The van der Waals surface area contributed by atoms with Gasteiger partial charge in [0.05, 0.1) is 33.5 Å². The molecule has 5 rings (SSSR count). The van der Waals surface area contributed by atoms with E-state index in [-0.39, 0.29) is 84.0 Å². The monoisotopic (exact) mass is 786 g/mol. The van der Waals surface area contributed by atoms with E-state index >= 15 is 0 Å². The molecule has 3 aromatic carbocycles. The second-order valence-corrected chi connectivity index (χ2v) is 16.0. The van der Waals surface area contributed by atoms with E-state index in [1.807, 2.05) is 48.5 Å². The third-order valence-corrected chi connectivity index (χ3v) is 10.5. The molecule has 3 aromatic rings. The number of hydrogen-bond acceptors (Lipinski definition) is 12. The second kappa shape index (κ2) is 20.8. The van der Waals surface area contributed by atoms with Gasteiger partial charge in [-0.2, -0.15) is 0 Å². The van der Waals surface area contributed by atoms with Crippen molar-refractivity contribution in [3.05, 3.63) is 93.5 Å². The minimum absolute atomic E-state index is 0.